The minimum atomic E-state index is -0.0329. The second kappa shape index (κ2) is 14.4. The SMILES string of the molecule is CCCCCCN(NCCc1ccc(OC)c(O)c1)C1CCc2c(ccc(O)c2O)C1.Cl.Cl. The van der Waals surface area contributed by atoms with E-state index in [1.807, 2.05) is 12.1 Å². The van der Waals surface area contributed by atoms with Crippen LogP contribution in [0.5, 0.6) is 23.0 Å². The van der Waals surface area contributed by atoms with Crippen molar-refractivity contribution >= 4 is 24.8 Å². The van der Waals surface area contributed by atoms with Gasteiger partial charge in [-0.2, -0.15) is 0 Å². The lowest BCUT2D eigenvalue weighted by atomic mass is 9.87. The first-order valence-electron chi connectivity index (χ1n) is 11.4. The molecule has 0 saturated carbocycles. The molecule has 1 unspecified atom stereocenters. The van der Waals surface area contributed by atoms with Crippen LogP contribution in [-0.4, -0.2) is 46.6 Å². The van der Waals surface area contributed by atoms with Gasteiger partial charge < -0.3 is 20.1 Å². The van der Waals surface area contributed by atoms with E-state index in [0.29, 0.717) is 11.8 Å². The number of hydrogen-bond donors (Lipinski definition) is 4. The molecule has 8 heteroatoms. The number of rotatable bonds is 11. The molecular formula is C25H38Cl2N2O4. The van der Waals surface area contributed by atoms with Crippen LogP contribution in [0, 0.1) is 0 Å². The zero-order valence-electron chi connectivity index (χ0n) is 19.5. The van der Waals surface area contributed by atoms with E-state index in [9.17, 15) is 15.3 Å². The summed E-state index contributed by atoms with van der Waals surface area (Å²) in [6, 6.07) is 9.42. The number of aromatic hydroxyl groups is 3. The zero-order chi connectivity index (χ0) is 22.2. The standard InChI is InChI=1S/C25H36N2O4.2ClH/c1-3-4-5-6-15-27(26-14-13-18-7-12-24(31-2)23(29)16-18)20-9-10-21-19(17-20)8-11-22(28)25(21)30;;/h7-8,11-12,16,20,26,28-30H,3-6,9-10,13-15,17H2,1-2H3;2*1H. The van der Waals surface area contributed by atoms with Crippen LogP contribution in [0.3, 0.4) is 0 Å². The zero-order valence-corrected chi connectivity index (χ0v) is 21.2. The van der Waals surface area contributed by atoms with Gasteiger partial charge in [-0.25, -0.2) is 5.01 Å². The largest absolute Gasteiger partial charge is 0.504 e. The van der Waals surface area contributed by atoms with Crippen LogP contribution in [0.2, 0.25) is 0 Å². The van der Waals surface area contributed by atoms with Crippen LogP contribution in [-0.2, 0) is 19.3 Å². The van der Waals surface area contributed by atoms with Crippen molar-refractivity contribution in [2.45, 2.75) is 64.3 Å². The first-order chi connectivity index (χ1) is 15.0. The average Bonchev–Trinajstić information content (AvgIpc) is 2.78. The molecule has 0 saturated heterocycles. The molecule has 4 N–H and O–H groups in total. The Morgan fingerprint density at radius 3 is 2.52 bits per heavy atom. The van der Waals surface area contributed by atoms with Crippen LogP contribution in [0.4, 0.5) is 0 Å². The third-order valence-corrected chi connectivity index (χ3v) is 6.21. The highest BCUT2D eigenvalue weighted by molar-refractivity contribution is 5.85. The molecule has 0 bridgehead atoms. The maximum Gasteiger partial charge on any atom is 0.160 e. The third-order valence-electron chi connectivity index (χ3n) is 6.21. The van der Waals surface area contributed by atoms with Crippen molar-refractivity contribution in [3.05, 3.63) is 47.0 Å². The summed E-state index contributed by atoms with van der Waals surface area (Å²) in [5.41, 5.74) is 6.69. The third kappa shape index (κ3) is 7.85. The molecule has 0 fully saturated rings. The Labute approximate surface area is 209 Å². The molecule has 0 aromatic heterocycles. The number of methoxy groups -OCH3 is 1. The van der Waals surface area contributed by atoms with E-state index in [-0.39, 0.29) is 42.1 Å². The predicted octanol–water partition coefficient (Wildman–Crippen LogP) is 5.14. The lowest BCUT2D eigenvalue weighted by Crippen LogP contribution is -2.49. The lowest BCUT2D eigenvalue weighted by molar-refractivity contribution is 0.109. The van der Waals surface area contributed by atoms with Crippen LogP contribution in [0.15, 0.2) is 30.3 Å². The number of hydrogen-bond acceptors (Lipinski definition) is 6. The lowest BCUT2D eigenvalue weighted by Gasteiger charge is -2.36. The maximum absolute atomic E-state index is 10.2. The van der Waals surface area contributed by atoms with Crippen LogP contribution < -0.4 is 10.2 Å². The number of nitrogens with one attached hydrogen (secondary N) is 1. The van der Waals surface area contributed by atoms with Gasteiger partial charge >= 0.3 is 0 Å². The molecule has 33 heavy (non-hydrogen) atoms. The summed E-state index contributed by atoms with van der Waals surface area (Å²) >= 11 is 0. The van der Waals surface area contributed by atoms with Gasteiger partial charge in [0.05, 0.1) is 7.11 Å². The summed E-state index contributed by atoms with van der Waals surface area (Å²) < 4.78 is 5.12. The molecule has 0 spiro atoms. The van der Waals surface area contributed by atoms with Gasteiger partial charge in [0.2, 0.25) is 0 Å². The number of phenolic OH excluding ortho intramolecular Hbond substituents is 3. The monoisotopic (exact) mass is 500 g/mol. The number of benzene rings is 2. The molecule has 0 radical (unpaired) electrons. The molecule has 0 heterocycles. The smallest absolute Gasteiger partial charge is 0.160 e. The van der Waals surface area contributed by atoms with Gasteiger partial charge in [-0.15, -0.1) is 24.8 Å². The molecule has 0 aliphatic heterocycles. The topological polar surface area (TPSA) is 85.2 Å². The van der Waals surface area contributed by atoms with Crippen LogP contribution in [0.1, 0.15) is 55.7 Å². The van der Waals surface area contributed by atoms with Gasteiger partial charge in [-0.3, -0.25) is 5.43 Å². The second-order valence-electron chi connectivity index (χ2n) is 8.39. The maximum atomic E-state index is 10.2. The summed E-state index contributed by atoms with van der Waals surface area (Å²) in [4.78, 5) is 0. The first kappa shape index (κ1) is 29.2. The Morgan fingerprint density at radius 1 is 1.03 bits per heavy atom. The molecule has 186 valence electrons. The molecule has 2 aromatic rings. The van der Waals surface area contributed by atoms with E-state index >= 15 is 0 Å². The number of ether oxygens (including phenoxy) is 1. The van der Waals surface area contributed by atoms with Crippen molar-refractivity contribution in [2.75, 3.05) is 20.2 Å². The van der Waals surface area contributed by atoms with E-state index in [1.54, 1.807) is 25.3 Å². The Kier molecular flexibility index (Phi) is 12.7. The number of phenols is 3. The Morgan fingerprint density at radius 2 is 1.82 bits per heavy atom. The Hall–Kier alpha value is -1.86. The highest BCUT2D eigenvalue weighted by Gasteiger charge is 2.26. The summed E-state index contributed by atoms with van der Waals surface area (Å²) in [7, 11) is 1.55. The molecule has 1 aliphatic rings. The van der Waals surface area contributed by atoms with E-state index < -0.39 is 0 Å². The van der Waals surface area contributed by atoms with Crippen molar-refractivity contribution in [3.63, 3.8) is 0 Å². The van der Waals surface area contributed by atoms with Gasteiger partial charge in [-0.1, -0.05) is 38.3 Å². The first-order valence-corrected chi connectivity index (χ1v) is 11.4. The molecule has 0 amide bonds. The van der Waals surface area contributed by atoms with Crippen molar-refractivity contribution < 1.29 is 20.1 Å². The highest BCUT2D eigenvalue weighted by atomic mass is 35.5. The highest BCUT2D eigenvalue weighted by Crippen LogP contribution is 2.36. The second-order valence-corrected chi connectivity index (χ2v) is 8.39. The van der Waals surface area contributed by atoms with Gasteiger partial charge in [0, 0.05) is 24.7 Å². The summed E-state index contributed by atoms with van der Waals surface area (Å²) in [6.07, 6.45) is 8.20. The van der Waals surface area contributed by atoms with E-state index in [0.717, 1.165) is 61.9 Å². The van der Waals surface area contributed by atoms with Gasteiger partial charge in [0.15, 0.2) is 23.0 Å². The van der Waals surface area contributed by atoms with Gasteiger partial charge in [-0.05, 0) is 61.4 Å². The van der Waals surface area contributed by atoms with Crippen molar-refractivity contribution in [1.29, 1.82) is 0 Å². The average molecular weight is 501 g/mol. The van der Waals surface area contributed by atoms with Gasteiger partial charge in [0.1, 0.15) is 0 Å². The molecule has 1 atom stereocenters. The van der Waals surface area contributed by atoms with Crippen molar-refractivity contribution in [2.24, 2.45) is 0 Å². The van der Waals surface area contributed by atoms with Crippen LogP contribution >= 0.6 is 24.8 Å². The van der Waals surface area contributed by atoms with E-state index in [1.165, 1.54) is 19.3 Å². The van der Waals surface area contributed by atoms with Crippen molar-refractivity contribution in [3.8, 4) is 23.0 Å². The quantitative estimate of drug-likeness (QED) is 0.194. The molecule has 1 aliphatic carbocycles. The van der Waals surface area contributed by atoms with Crippen LogP contribution in [0.25, 0.3) is 0 Å². The number of unbranched alkanes of at least 4 members (excludes halogenated alkanes) is 3. The van der Waals surface area contributed by atoms with E-state index in [4.69, 9.17) is 4.74 Å². The van der Waals surface area contributed by atoms with Gasteiger partial charge in [0.25, 0.3) is 0 Å². The van der Waals surface area contributed by atoms with E-state index in [2.05, 4.69) is 17.4 Å². The minimum Gasteiger partial charge on any atom is -0.504 e. The number of halogens is 2. The predicted molar refractivity (Wildman–Crippen MR) is 137 cm³/mol. The summed E-state index contributed by atoms with van der Waals surface area (Å²) in [6.45, 7) is 3.99. The molecule has 6 nitrogen and oxygen atoms in total. The number of fused-ring (bicyclic) bond motifs is 1. The molecular weight excluding hydrogens is 463 g/mol. The number of hydrazine groups is 1. The van der Waals surface area contributed by atoms with Crippen molar-refractivity contribution in [1.82, 2.24) is 10.4 Å². The fourth-order valence-corrected chi connectivity index (χ4v) is 4.40. The molecule has 2 aromatic carbocycles. The molecule has 3 rings (SSSR count). The fourth-order valence-electron chi connectivity index (χ4n) is 4.40. The summed E-state index contributed by atoms with van der Waals surface area (Å²) in [5.74, 6) is 0.667. The summed E-state index contributed by atoms with van der Waals surface area (Å²) in [5, 5.41) is 32.4. The fraction of sp³-hybridized carbons (Fsp3) is 0.520. The Balaban J connectivity index is 0.00000272. The minimum absolute atomic E-state index is 0. The Bertz CT molecular complexity index is 867. The normalized spacial score (nSPS) is 14.8. The number of nitrogens with zero attached hydrogens (tertiary/aromatic N) is 1.